The van der Waals surface area contributed by atoms with Crippen molar-refractivity contribution in [2.75, 3.05) is 6.67 Å². The predicted molar refractivity (Wildman–Crippen MR) is 48.7 cm³/mol. The van der Waals surface area contributed by atoms with E-state index in [9.17, 15) is 4.39 Å². The largest absolute Gasteiger partial charge is 0.324 e. The van der Waals surface area contributed by atoms with Gasteiger partial charge in [-0.3, -0.25) is 4.39 Å². The van der Waals surface area contributed by atoms with Gasteiger partial charge in [0, 0.05) is 6.04 Å². The Bertz CT molecular complexity index is 317. The average molecular weight is 178 g/mol. The maximum absolute atomic E-state index is 12.0. The lowest BCUT2D eigenvalue weighted by Crippen LogP contribution is -2.12. The van der Waals surface area contributed by atoms with Gasteiger partial charge in [-0.15, -0.1) is 0 Å². The van der Waals surface area contributed by atoms with E-state index in [2.05, 4.69) is 0 Å². The van der Waals surface area contributed by atoms with Crippen LogP contribution in [-0.4, -0.2) is 6.67 Å². The molecule has 0 amide bonds. The summed E-state index contributed by atoms with van der Waals surface area (Å²) in [7, 11) is 0. The summed E-state index contributed by atoms with van der Waals surface area (Å²) in [6, 6.07) is 8.68. The van der Waals surface area contributed by atoms with E-state index in [4.69, 9.17) is 11.0 Å². The Morgan fingerprint density at radius 2 is 2.15 bits per heavy atom. The number of halogens is 1. The number of hydrogen-bond acceptors (Lipinski definition) is 2. The van der Waals surface area contributed by atoms with Crippen LogP contribution < -0.4 is 5.73 Å². The molecule has 0 heterocycles. The summed E-state index contributed by atoms with van der Waals surface area (Å²) >= 11 is 0. The van der Waals surface area contributed by atoms with Crippen LogP contribution >= 0.6 is 0 Å². The minimum absolute atomic E-state index is 0.263. The normalized spacial score (nSPS) is 12.1. The monoisotopic (exact) mass is 178 g/mol. The number of benzene rings is 1. The summed E-state index contributed by atoms with van der Waals surface area (Å²) < 4.78 is 12.0. The summed E-state index contributed by atoms with van der Waals surface area (Å²) in [5, 5.41) is 8.74. The molecule has 0 fully saturated rings. The van der Waals surface area contributed by atoms with Crippen molar-refractivity contribution in [3.05, 3.63) is 35.4 Å². The molecule has 1 aromatic rings. The van der Waals surface area contributed by atoms with Crippen LogP contribution in [0.1, 0.15) is 23.6 Å². The molecule has 1 aromatic carbocycles. The highest BCUT2D eigenvalue weighted by molar-refractivity contribution is 5.39. The van der Waals surface area contributed by atoms with Crippen LogP contribution in [-0.2, 0) is 0 Å². The number of alkyl halides is 1. The lowest BCUT2D eigenvalue weighted by molar-refractivity contribution is 0.441. The zero-order chi connectivity index (χ0) is 9.68. The summed E-state index contributed by atoms with van der Waals surface area (Å²) in [5.74, 6) is 0. The van der Waals surface area contributed by atoms with E-state index in [1.165, 1.54) is 0 Å². The summed E-state index contributed by atoms with van der Waals surface area (Å²) in [4.78, 5) is 0. The lowest BCUT2D eigenvalue weighted by Gasteiger charge is -2.10. The van der Waals surface area contributed by atoms with Gasteiger partial charge >= 0.3 is 0 Å². The minimum atomic E-state index is -0.457. The fourth-order valence-electron chi connectivity index (χ4n) is 1.20. The second kappa shape index (κ2) is 4.58. The van der Waals surface area contributed by atoms with Gasteiger partial charge in [-0.2, -0.15) is 5.26 Å². The van der Waals surface area contributed by atoms with Crippen LogP contribution in [0.25, 0.3) is 0 Å². The van der Waals surface area contributed by atoms with E-state index >= 15 is 0 Å². The molecular formula is C10H11FN2. The lowest BCUT2D eigenvalue weighted by atomic mass is 10.00. The van der Waals surface area contributed by atoms with Crippen molar-refractivity contribution in [2.24, 2.45) is 5.73 Å². The van der Waals surface area contributed by atoms with Crippen LogP contribution in [0.4, 0.5) is 4.39 Å². The van der Waals surface area contributed by atoms with Crippen LogP contribution in [0.15, 0.2) is 24.3 Å². The Kier molecular flexibility index (Phi) is 3.41. The minimum Gasteiger partial charge on any atom is -0.324 e. The van der Waals surface area contributed by atoms with E-state index in [0.29, 0.717) is 5.56 Å². The van der Waals surface area contributed by atoms with Crippen LogP contribution in [0.5, 0.6) is 0 Å². The van der Waals surface area contributed by atoms with Gasteiger partial charge in [0.15, 0.2) is 0 Å². The first-order valence-corrected chi connectivity index (χ1v) is 4.10. The Hall–Kier alpha value is -1.40. The summed E-state index contributed by atoms with van der Waals surface area (Å²) in [5.41, 5.74) is 6.95. The van der Waals surface area contributed by atoms with Gasteiger partial charge in [-0.25, -0.2) is 0 Å². The van der Waals surface area contributed by atoms with Gasteiger partial charge in [-0.05, 0) is 18.1 Å². The molecule has 0 aliphatic rings. The molecule has 0 aliphatic heterocycles. The molecule has 0 aliphatic carbocycles. The van der Waals surface area contributed by atoms with Gasteiger partial charge in [0.25, 0.3) is 0 Å². The molecule has 0 saturated carbocycles. The molecular weight excluding hydrogens is 167 g/mol. The van der Waals surface area contributed by atoms with Crippen molar-refractivity contribution < 1.29 is 4.39 Å². The molecule has 0 aromatic heterocycles. The SMILES string of the molecule is N#Cc1ccccc1[C@@H](N)CCF. The molecule has 2 N–H and O–H groups in total. The third-order valence-corrected chi connectivity index (χ3v) is 1.90. The van der Waals surface area contributed by atoms with Crippen molar-refractivity contribution in [3.8, 4) is 6.07 Å². The molecule has 1 rings (SSSR count). The van der Waals surface area contributed by atoms with Gasteiger partial charge in [0.05, 0.1) is 18.3 Å². The molecule has 13 heavy (non-hydrogen) atoms. The van der Waals surface area contributed by atoms with Gasteiger partial charge in [0.1, 0.15) is 0 Å². The highest BCUT2D eigenvalue weighted by Gasteiger charge is 2.09. The Labute approximate surface area is 76.8 Å². The first-order chi connectivity index (χ1) is 6.29. The first kappa shape index (κ1) is 9.69. The van der Waals surface area contributed by atoms with Gasteiger partial charge in [-0.1, -0.05) is 18.2 Å². The molecule has 0 radical (unpaired) electrons. The summed E-state index contributed by atoms with van der Waals surface area (Å²) in [6.07, 6.45) is 0.263. The summed E-state index contributed by atoms with van der Waals surface area (Å²) in [6.45, 7) is -0.457. The number of nitrogens with two attached hydrogens (primary N) is 1. The fraction of sp³-hybridized carbons (Fsp3) is 0.300. The second-order valence-electron chi connectivity index (χ2n) is 2.78. The molecule has 0 bridgehead atoms. The molecule has 68 valence electrons. The molecule has 0 saturated heterocycles. The van der Waals surface area contributed by atoms with E-state index < -0.39 is 6.67 Å². The first-order valence-electron chi connectivity index (χ1n) is 4.10. The topological polar surface area (TPSA) is 49.8 Å². The van der Waals surface area contributed by atoms with Gasteiger partial charge in [0.2, 0.25) is 0 Å². The predicted octanol–water partition coefficient (Wildman–Crippen LogP) is 1.92. The Morgan fingerprint density at radius 3 is 2.77 bits per heavy atom. The molecule has 3 heteroatoms. The smallest absolute Gasteiger partial charge is 0.0995 e. The quantitative estimate of drug-likeness (QED) is 0.768. The fourth-order valence-corrected chi connectivity index (χ4v) is 1.20. The molecule has 2 nitrogen and oxygen atoms in total. The molecule has 0 unspecified atom stereocenters. The Balaban J connectivity index is 2.93. The standard InChI is InChI=1S/C10H11FN2/c11-6-5-10(13)9-4-2-1-3-8(9)7-12/h1-4,10H,5-6,13H2/t10-/m0/s1. The number of hydrogen-bond donors (Lipinski definition) is 1. The van der Waals surface area contributed by atoms with Crippen LogP contribution in [0.3, 0.4) is 0 Å². The Morgan fingerprint density at radius 1 is 1.46 bits per heavy atom. The van der Waals surface area contributed by atoms with Crippen LogP contribution in [0, 0.1) is 11.3 Å². The van der Waals surface area contributed by atoms with Crippen molar-refractivity contribution in [3.63, 3.8) is 0 Å². The van der Waals surface area contributed by atoms with E-state index in [1.54, 1.807) is 24.3 Å². The highest BCUT2D eigenvalue weighted by atomic mass is 19.1. The number of rotatable bonds is 3. The zero-order valence-corrected chi connectivity index (χ0v) is 7.20. The second-order valence-corrected chi connectivity index (χ2v) is 2.78. The average Bonchev–Trinajstić information content (AvgIpc) is 2.18. The van der Waals surface area contributed by atoms with Crippen LogP contribution in [0.2, 0.25) is 0 Å². The molecule has 1 atom stereocenters. The number of nitrogens with zero attached hydrogens (tertiary/aromatic N) is 1. The van der Waals surface area contributed by atoms with Crippen molar-refractivity contribution >= 4 is 0 Å². The van der Waals surface area contributed by atoms with E-state index in [0.717, 1.165) is 5.56 Å². The van der Waals surface area contributed by atoms with Gasteiger partial charge < -0.3 is 5.73 Å². The maximum atomic E-state index is 12.0. The third kappa shape index (κ3) is 2.27. The highest BCUT2D eigenvalue weighted by Crippen LogP contribution is 2.17. The van der Waals surface area contributed by atoms with Crippen molar-refractivity contribution in [1.29, 1.82) is 5.26 Å². The van der Waals surface area contributed by atoms with Crippen molar-refractivity contribution in [1.82, 2.24) is 0 Å². The maximum Gasteiger partial charge on any atom is 0.0995 e. The zero-order valence-electron chi connectivity index (χ0n) is 7.20. The van der Waals surface area contributed by atoms with Crippen molar-refractivity contribution in [2.45, 2.75) is 12.5 Å². The number of nitriles is 1. The van der Waals surface area contributed by atoms with E-state index in [-0.39, 0.29) is 12.5 Å². The third-order valence-electron chi connectivity index (χ3n) is 1.90. The van der Waals surface area contributed by atoms with E-state index in [1.807, 2.05) is 6.07 Å². The molecule has 0 spiro atoms.